The Labute approximate surface area is 141 Å². The second-order valence-electron chi connectivity index (χ2n) is 5.34. The topological polar surface area (TPSA) is 60.9 Å². The third kappa shape index (κ3) is 3.75. The van der Waals surface area contributed by atoms with Crippen LogP contribution in [0, 0.1) is 11.3 Å². The fourth-order valence-electron chi connectivity index (χ4n) is 2.09. The van der Waals surface area contributed by atoms with E-state index in [0.717, 1.165) is 11.1 Å². The largest absolute Gasteiger partial charge is 0.202 e. The van der Waals surface area contributed by atoms with Crippen molar-refractivity contribution in [3.8, 4) is 6.07 Å². The Hall–Kier alpha value is -2.67. The Bertz CT molecular complexity index is 776. The van der Waals surface area contributed by atoms with Gasteiger partial charge in [-0.3, -0.25) is 0 Å². The Morgan fingerprint density at radius 1 is 0.870 bits per heavy atom. The average molecular weight is 320 g/mol. The van der Waals surface area contributed by atoms with Crippen LogP contribution in [0.5, 0.6) is 0 Å². The van der Waals surface area contributed by atoms with Crippen LogP contribution >= 0.6 is 12.2 Å². The molecule has 114 valence electrons. The molecule has 0 saturated carbocycles. The van der Waals surface area contributed by atoms with E-state index in [-0.39, 0.29) is 0 Å². The standard InChI is InChI=1S/C18H16N4S/c1-17(13-19,15-9-5-3-6-10-15)21-22-18(2,20-14-23)16-11-7-4-8-12-16/h3-12H,1-2H3. The van der Waals surface area contributed by atoms with E-state index in [9.17, 15) is 5.26 Å². The number of hydrogen-bond acceptors (Lipinski definition) is 5. The molecule has 2 atom stereocenters. The minimum atomic E-state index is -1.09. The second-order valence-corrected chi connectivity index (χ2v) is 5.52. The molecule has 0 bridgehead atoms. The SMILES string of the molecule is CC(C#N)(N=NC(C)(N=C=S)c1ccccc1)c1ccccc1. The van der Waals surface area contributed by atoms with Crippen molar-refractivity contribution in [3.05, 3.63) is 71.8 Å². The molecule has 0 aliphatic carbocycles. The van der Waals surface area contributed by atoms with Gasteiger partial charge in [0.1, 0.15) is 0 Å². The molecule has 2 aromatic carbocycles. The maximum atomic E-state index is 9.57. The molecule has 0 radical (unpaired) electrons. The number of hydrogen-bond donors (Lipinski definition) is 0. The van der Waals surface area contributed by atoms with Crippen LogP contribution in [0.2, 0.25) is 0 Å². The molecule has 2 unspecified atom stereocenters. The third-order valence-electron chi connectivity index (χ3n) is 3.58. The monoisotopic (exact) mass is 320 g/mol. The number of benzene rings is 2. The molecule has 0 saturated heterocycles. The number of isothiocyanates is 1. The summed E-state index contributed by atoms with van der Waals surface area (Å²) in [4.78, 5) is 4.15. The zero-order chi connectivity index (χ0) is 16.8. The summed E-state index contributed by atoms with van der Waals surface area (Å²) in [5, 5.41) is 20.6. The van der Waals surface area contributed by atoms with E-state index >= 15 is 0 Å². The van der Waals surface area contributed by atoms with Gasteiger partial charge in [0.05, 0.1) is 11.2 Å². The lowest BCUT2D eigenvalue weighted by Gasteiger charge is -2.21. The molecule has 0 aromatic heterocycles. The number of nitriles is 1. The van der Waals surface area contributed by atoms with Gasteiger partial charge in [-0.2, -0.15) is 20.5 Å². The number of rotatable bonds is 5. The van der Waals surface area contributed by atoms with E-state index in [1.165, 1.54) is 0 Å². The highest BCUT2D eigenvalue weighted by Crippen LogP contribution is 2.31. The highest BCUT2D eigenvalue weighted by molar-refractivity contribution is 7.78. The van der Waals surface area contributed by atoms with Crippen LogP contribution in [0.3, 0.4) is 0 Å². The van der Waals surface area contributed by atoms with Crippen molar-refractivity contribution < 1.29 is 0 Å². The fraction of sp³-hybridized carbons (Fsp3) is 0.222. The normalized spacial score (nSPS) is 15.9. The van der Waals surface area contributed by atoms with Gasteiger partial charge in [0, 0.05) is 5.56 Å². The van der Waals surface area contributed by atoms with E-state index in [1.807, 2.05) is 60.7 Å². The van der Waals surface area contributed by atoms with Gasteiger partial charge in [-0.05, 0) is 31.6 Å². The summed E-state index contributed by atoms with van der Waals surface area (Å²) in [7, 11) is 0. The molecule has 0 fully saturated rings. The lowest BCUT2D eigenvalue weighted by atomic mass is 9.95. The van der Waals surface area contributed by atoms with Gasteiger partial charge in [-0.1, -0.05) is 60.7 Å². The van der Waals surface area contributed by atoms with Crippen molar-refractivity contribution in [1.29, 1.82) is 5.26 Å². The van der Waals surface area contributed by atoms with Crippen molar-refractivity contribution in [2.45, 2.75) is 25.0 Å². The van der Waals surface area contributed by atoms with Crippen molar-refractivity contribution in [2.24, 2.45) is 15.2 Å². The van der Waals surface area contributed by atoms with Crippen molar-refractivity contribution in [2.75, 3.05) is 0 Å². The minimum absolute atomic E-state index is 0.771. The summed E-state index contributed by atoms with van der Waals surface area (Å²) < 4.78 is 0. The van der Waals surface area contributed by atoms with Crippen molar-refractivity contribution in [1.82, 2.24) is 0 Å². The first-order valence-electron chi connectivity index (χ1n) is 7.09. The van der Waals surface area contributed by atoms with Gasteiger partial charge >= 0.3 is 0 Å². The maximum absolute atomic E-state index is 9.57. The summed E-state index contributed by atoms with van der Waals surface area (Å²) >= 11 is 4.75. The first-order valence-corrected chi connectivity index (χ1v) is 7.50. The predicted octanol–water partition coefficient (Wildman–Crippen LogP) is 4.85. The quantitative estimate of drug-likeness (QED) is 0.449. The molecule has 0 amide bonds. The van der Waals surface area contributed by atoms with Gasteiger partial charge < -0.3 is 0 Å². The molecule has 23 heavy (non-hydrogen) atoms. The lowest BCUT2D eigenvalue weighted by Crippen LogP contribution is -2.20. The van der Waals surface area contributed by atoms with E-state index in [0.29, 0.717) is 0 Å². The zero-order valence-corrected chi connectivity index (χ0v) is 13.8. The highest BCUT2D eigenvalue weighted by atomic mass is 32.1. The number of aliphatic imine (C=N–C) groups is 1. The Morgan fingerprint density at radius 3 is 1.87 bits per heavy atom. The summed E-state index contributed by atoms with van der Waals surface area (Å²) in [6.45, 7) is 3.51. The summed E-state index contributed by atoms with van der Waals surface area (Å²) in [5.41, 5.74) is -0.494. The van der Waals surface area contributed by atoms with Crippen LogP contribution < -0.4 is 0 Å². The molecule has 5 heteroatoms. The first-order chi connectivity index (χ1) is 11.0. The van der Waals surface area contributed by atoms with Crippen LogP contribution in [-0.4, -0.2) is 5.16 Å². The molecular weight excluding hydrogens is 304 g/mol. The second kappa shape index (κ2) is 7.06. The van der Waals surface area contributed by atoms with E-state index in [4.69, 9.17) is 12.2 Å². The van der Waals surface area contributed by atoms with E-state index in [2.05, 4.69) is 26.5 Å². The van der Waals surface area contributed by atoms with Crippen LogP contribution in [0.4, 0.5) is 0 Å². The fourth-order valence-corrected chi connectivity index (χ4v) is 2.27. The van der Waals surface area contributed by atoms with E-state index < -0.39 is 11.2 Å². The van der Waals surface area contributed by atoms with Crippen LogP contribution in [0.15, 0.2) is 75.9 Å². The van der Waals surface area contributed by atoms with Crippen LogP contribution in [-0.2, 0) is 11.2 Å². The molecule has 0 spiro atoms. The van der Waals surface area contributed by atoms with E-state index in [1.54, 1.807) is 13.8 Å². The Morgan fingerprint density at radius 2 is 1.39 bits per heavy atom. The maximum Gasteiger partial charge on any atom is 0.202 e. The van der Waals surface area contributed by atoms with Gasteiger partial charge in [-0.15, -0.1) is 0 Å². The molecule has 0 heterocycles. The van der Waals surface area contributed by atoms with Gasteiger partial charge in [0.15, 0.2) is 5.54 Å². The number of azo groups is 1. The summed E-state index contributed by atoms with van der Waals surface area (Å²) in [5.74, 6) is 0. The zero-order valence-electron chi connectivity index (χ0n) is 13.0. The molecule has 2 aromatic rings. The minimum Gasteiger partial charge on any atom is -0.195 e. The van der Waals surface area contributed by atoms with Crippen LogP contribution in [0.1, 0.15) is 25.0 Å². The molecule has 0 N–H and O–H groups in total. The lowest BCUT2D eigenvalue weighted by molar-refractivity contribution is 0.455. The smallest absolute Gasteiger partial charge is 0.195 e. The van der Waals surface area contributed by atoms with Crippen LogP contribution in [0.25, 0.3) is 0 Å². The Balaban J connectivity index is 2.46. The molecule has 0 aliphatic heterocycles. The average Bonchev–Trinajstić information content (AvgIpc) is 2.61. The van der Waals surface area contributed by atoms with Gasteiger partial charge in [0.25, 0.3) is 0 Å². The number of thiocarbonyl (C=S) groups is 1. The predicted molar refractivity (Wildman–Crippen MR) is 93.1 cm³/mol. The molecular formula is C18H16N4S. The van der Waals surface area contributed by atoms with Gasteiger partial charge in [-0.25, -0.2) is 0 Å². The summed E-state index contributed by atoms with van der Waals surface area (Å²) in [6.07, 6.45) is 0. The van der Waals surface area contributed by atoms with Gasteiger partial charge in [0.2, 0.25) is 5.66 Å². The molecule has 4 nitrogen and oxygen atoms in total. The molecule has 2 rings (SSSR count). The number of nitrogens with zero attached hydrogens (tertiary/aromatic N) is 4. The summed E-state index contributed by atoms with van der Waals surface area (Å²) in [6, 6.07) is 21.0. The first kappa shape index (κ1) is 16.7. The highest BCUT2D eigenvalue weighted by Gasteiger charge is 2.30. The molecule has 0 aliphatic rings. The third-order valence-corrected chi connectivity index (χ3v) is 3.67. The van der Waals surface area contributed by atoms with Crippen molar-refractivity contribution in [3.63, 3.8) is 0 Å². The van der Waals surface area contributed by atoms with Crippen molar-refractivity contribution >= 4 is 17.4 Å². The Kier molecular flexibility index (Phi) is 5.13.